The summed E-state index contributed by atoms with van der Waals surface area (Å²) in [6, 6.07) is 17.7. The lowest BCUT2D eigenvalue weighted by Crippen LogP contribution is -2.77. The van der Waals surface area contributed by atoms with E-state index in [-0.39, 0.29) is 158 Å². The molecule has 25 nitrogen and oxygen atoms in total. The summed E-state index contributed by atoms with van der Waals surface area (Å²) in [6.07, 6.45) is 0. The predicted octanol–water partition coefficient (Wildman–Crippen LogP) is 9.37. The summed E-state index contributed by atoms with van der Waals surface area (Å²) in [7, 11) is 0. The Morgan fingerprint density at radius 3 is 0.976 bits per heavy atom. The molecular formula is C57H87N3O22. The third-order valence-electron chi connectivity index (χ3n) is 11.2. The van der Waals surface area contributed by atoms with E-state index in [1.165, 1.54) is 36.4 Å². The number of ether oxygens (including phenoxy) is 16. The zero-order valence-corrected chi connectivity index (χ0v) is 50.1. The van der Waals surface area contributed by atoms with Crippen LogP contribution in [0.2, 0.25) is 0 Å². The standard InChI is InChI=1S/C57H87N3O22/c1-15-63-40-75-54(67-19-5,68-20-6)52(65-17-3,81-77-27-13)56(71-23-9,72-24-10)79-43-34-36-45(47(61)38-43)50-58-49(42-32-30-29-31-33-42)59-51(60-50)46-37-35-44(39-48(46)62)80-57(73-25-11,74-26-12)53(66-18-4,82-78-28-14)55(69-21-7,70-22-8)76-41-64-16-2/h29-39,61-62H,15-28,40-41H2,1-14H3. The summed E-state index contributed by atoms with van der Waals surface area (Å²) in [6.45, 7) is 23.3. The van der Waals surface area contributed by atoms with Crippen LogP contribution >= 0.6 is 0 Å². The Balaban J connectivity index is 1.98. The van der Waals surface area contributed by atoms with Crippen LogP contribution in [0, 0.1) is 0 Å². The van der Waals surface area contributed by atoms with E-state index < -0.39 is 35.5 Å². The summed E-state index contributed by atoms with van der Waals surface area (Å²) in [4.78, 5) is 38.0. The quantitative estimate of drug-likeness (QED) is 0.0181. The first-order valence-corrected chi connectivity index (χ1v) is 28.0. The van der Waals surface area contributed by atoms with E-state index in [1.807, 2.05) is 18.2 Å². The number of aromatic hydroxyl groups is 2. The van der Waals surface area contributed by atoms with Crippen molar-refractivity contribution in [3.63, 3.8) is 0 Å². The van der Waals surface area contributed by atoms with Gasteiger partial charge in [0.1, 0.15) is 23.0 Å². The highest BCUT2D eigenvalue weighted by molar-refractivity contribution is 5.72. The Bertz CT molecular complexity index is 2260. The van der Waals surface area contributed by atoms with Gasteiger partial charge < -0.3 is 76.5 Å². The maximum Gasteiger partial charge on any atom is 0.396 e. The van der Waals surface area contributed by atoms with E-state index in [9.17, 15) is 10.2 Å². The third kappa shape index (κ3) is 15.9. The predicted molar refractivity (Wildman–Crippen MR) is 294 cm³/mol. The number of nitrogens with zero attached hydrogens (tertiary/aromatic N) is 3. The molecule has 0 spiro atoms. The fourth-order valence-electron chi connectivity index (χ4n) is 8.30. The summed E-state index contributed by atoms with van der Waals surface area (Å²) < 4.78 is 101. The van der Waals surface area contributed by atoms with Gasteiger partial charge in [-0.05, 0) is 121 Å². The normalized spacial score (nSPS) is 14.0. The molecule has 3 aromatic carbocycles. The minimum atomic E-state index is -2.52. The van der Waals surface area contributed by atoms with Gasteiger partial charge in [0, 0.05) is 70.6 Å². The molecule has 1 aromatic heterocycles. The molecular weight excluding hydrogens is 1080 g/mol. The fourth-order valence-corrected chi connectivity index (χ4v) is 8.30. The Morgan fingerprint density at radius 2 is 0.671 bits per heavy atom. The van der Waals surface area contributed by atoms with Crippen molar-refractivity contribution in [3.8, 4) is 57.2 Å². The average Bonchev–Trinajstić information content (AvgIpc) is 3.55. The second kappa shape index (κ2) is 34.8. The van der Waals surface area contributed by atoms with Gasteiger partial charge in [-0.25, -0.2) is 24.7 Å². The molecule has 0 aliphatic carbocycles. The number of hydrogen-bond acceptors (Lipinski definition) is 25. The molecule has 0 amide bonds. The van der Waals surface area contributed by atoms with Crippen LogP contribution in [0.15, 0.2) is 66.7 Å². The van der Waals surface area contributed by atoms with Crippen LogP contribution in [0.1, 0.15) is 96.9 Å². The minimum absolute atomic E-state index is 0.00509. The third-order valence-corrected chi connectivity index (χ3v) is 11.2. The van der Waals surface area contributed by atoms with Crippen LogP contribution in [0.4, 0.5) is 0 Å². The second-order valence-corrected chi connectivity index (χ2v) is 16.5. The first-order valence-electron chi connectivity index (χ1n) is 28.0. The SMILES string of the molecule is CCOCOC(OCC)(OCC)C(OCC)(OOCC)C(OCC)(OCC)Oc1ccc(-c2nc(-c3ccccc3)nc(-c3ccc(OC(OCC)(OCC)C(OCC)(OOCC)C(OCC)(OCC)OCOCC)cc3O)n2)c(O)c1. The Morgan fingerprint density at radius 1 is 0.341 bits per heavy atom. The Kier molecular flexibility index (Phi) is 29.6. The molecule has 1 heterocycles. The highest BCUT2D eigenvalue weighted by Gasteiger charge is 2.78. The molecule has 2 unspecified atom stereocenters. The maximum atomic E-state index is 12.1. The molecule has 0 aliphatic heterocycles. The summed E-state index contributed by atoms with van der Waals surface area (Å²) in [5.74, 6) is -15.4. The zero-order valence-electron chi connectivity index (χ0n) is 50.1. The average molecular weight is 1170 g/mol. The van der Waals surface area contributed by atoms with Gasteiger partial charge in [0.15, 0.2) is 31.1 Å². The van der Waals surface area contributed by atoms with Crippen molar-refractivity contribution >= 4 is 0 Å². The Hall–Kier alpha value is -4.85. The molecule has 4 rings (SSSR count). The van der Waals surface area contributed by atoms with Crippen molar-refractivity contribution in [2.45, 2.75) is 132 Å². The second-order valence-electron chi connectivity index (χ2n) is 16.5. The smallest absolute Gasteiger partial charge is 0.396 e. The van der Waals surface area contributed by atoms with Crippen molar-refractivity contribution in [3.05, 3.63) is 66.7 Å². The number of aromatic nitrogens is 3. The number of benzene rings is 3. The van der Waals surface area contributed by atoms with Gasteiger partial charge in [0.05, 0.1) is 50.8 Å². The van der Waals surface area contributed by atoms with Gasteiger partial charge in [0.25, 0.3) is 0 Å². The van der Waals surface area contributed by atoms with E-state index in [0.717, 1.165) is 0 Å². The molecule has 82 heavy (non-hydrogen) atoms. The topological polar surface area (TPSA) is 264 Å². The molecule has 0 aliphatic rings. The highest BCUT2D eigenvalue weighted by atomic mass is 17.3. The first-order chi connectivity index (χ1) is 39.7. The van der Waals surface area contributed by atoms with E-state index in [1.54, 1.807) is 109 Å². The largest absolute Gasteiger partial charge is 0.507 e. The van der Waals surface area contributed by atoms with E-state index >= 15 is 0 Å². The summed E-state index contributed by atoms with van der Waals surface area (Å²) in [5, 5.41) is 24.2. The van der Waals surface area contributed by atoms with Gasteiger partial charge >= 0.3 is 35.5 Å². The van der Waals surface area contributed by atoms with Crippen molar-refractivity contribution in [1.82, 2.24) is 15.0 Å². The van der Waals surface area contributed by atoms with Gasteiger partial charge in [-0.3, -0.25) is 9.47 Å². The van der Waals surface area contributed by atoms with Gasteiger partial charge in [-0.15, -0.1) is 0 Å². The van der Waals surface area contributed by atoms with Crippen LogP contribution < -0.4 is 9.47 Å². The molecule has 462 valence electrons. The molecule has 0 saturated carbocycles. The summed E-state index contributed by atoms with van der Waals surface area (Å²) in [5.41, 5.74) is 0.816. The Labute approximate surface area is 481 Å². The lowest BCUT2D eigenvalue weighted by molar-refractivity contribution is -0.628. The number of phenols is 2. The van der Waals surface area contributed by atoms with E-state index in [4.69, 9.17) is 110 Å². The van der Waals surface area contributed by atoms with Gasteiger partial charge in [-0.2, -0.15) is 9.78 Å². The molecule has 2 atom stereocenters. The van der Waals surface area contributed by atoms with Crippen LogP contribution in [0.5, 0.6) is 23.0 Å². The zero-order chi connectivity index (χ0) is 60.1. The van der Waals surface area contributed by atoms with Crippen molar-refractivity contribution in [2.24, 2.45) is 0 Å². The van der Waals surface area contributed by atoms with Gasteiger partial charge in [0.2, 0.25) is 0 Å². The molecule has 0 fully saturated rings. The molecule has 0 radical (unpaired) electrons. The number of hydrogen-bond donors (Lipinski definition) is 2. The first kappa shape index (κ1) is 69.6. The van der Waals surface area contributed by atoms with Crippen molar-refractivity contribution in [2.75, 3.05) is 106 Å². The number of phenolic OH excluding ortho intramolecular Hbond substituents is 2. The molecule has 2 N–H and O–H groups in total. The van der Waals surface area contributed by atoms with Crippen molar-refractivity contribution < 1.29 is 106 Å². The highest BCUT2D eigenvalue weighted by Crippen LogP contribution is 2.50. The maximum absolute atomic E-state index is 12.1. The summed E-state index contributed by atoms with van der Waals surface area (Å²) >= 11 is 0. The van der Waals surface area contributed by atoms with Crippen LogP contribution in [0.3, 0.4) is 0 Å². The van der Waals surface area contributed by atoms with Crippen molar-refractivity contribution in [1.29, 1.82) is 0 Å². The monoisotopic (exact) mass is 1170 g/mol. The number of rotatable bonds is 45. The molecule has 0 saturated heterocycles. The molecule has 4 aromatic rings. The van der Waals surface area contributed by atoms with Crippen LogP contribution in [0.25, 0.3) is 34.2 Å². The van der Waals surface area contributed by atoms with Crippen LogP contribution in [-0.2, 0) is 85.9 Å². The minimum Gasteiger partial charge on any atom is -0.507 e. The lowest BCUT2D eigenvalue weighted by atomic mass is 10.1. The lowest BCUT2D eigenvalue weighted by Gasteiger charge is -2.52. The van der Waals surface area contributed by atoms with E-state index in [2.05, 4.69) is 0 Å². The molecule has 0 bridgehead atoms. The molecule has 25 heteroatoms. The van der Waals surface area contributed by atoms with Gasteiger partial charge in [-0.1, -0.05) is 30.3 Å². The van der Waals surface area contributed by atoms with Crippen LogP contribution in [-0.4, -0.2) is 167 Å². The fraction of sp³-hybridized carbons (Fsp3) is 0.632. The van der Waals surface area contributed by atoms with E-state index in [0.29, 0.717) is 5.56 Å².